The minimum absolute atomic E-state index is 0.689. The van der Waals surface area contributed by atoms with Crippen LogP contribution in [0.3, 0.4) is 0 Å². The molecular weight excluding hydrogens is 635 g/mol. The van der Waals surface area contributed by atoms with Crippen LogP contribution < -0.4 is 0 Å². The normalized spacial score (nSPS) is 12.1. The summed E-state index contributed by atoms with van der Waals surface area (Å²) in [4.78, 5) is 11.1. The summed E-state index contributed by atoms with van der Waals surface area (Å²) in [5.41, 5.74) is 7.65. The first kappa shape index (κ1) is 27.1. The second-order valence-corrected chi connectivity index (χ2v) is 14.6. The summed E-state index contributed by atoms with van der Waals surface area (Å²) in [6.45, 7) is 0. The number of rotatable bonds is 3. The van der Waals surface area contributed by atoms with Crippen molar-refractivity contribution in [1.29, 1.82) is 0 Å². The number of hydrogen-bond acceptors (Lipinski definition) is 4. The highest BCUT2D eigenvalue weighted by Gasteiger charge is 2.24. The Morgan fingerprint density at radius 3 is 1.88 bits per heavy atom. The van der Waals surface area contributed by atoms with Gasteiger partial charge in [-0.2, -0.15) is 0 Å². The summed E-state index contributed by atoms with van der Waals surface area (Å²) in [6, 6.07) is 54.4. The Kier molecular flexibility index (Phi) is 5.70. The molecule has 4 heterocycles. The molecule has 228 valence electrons. The standard InChI is InChI=1S/C44H25N3S2/c1-2-13-26(14-3-1)27-15-12-16-28(25-27)39-43-40(33-21-8-11-24-36(33)49-43)46-44(45-39)47-34-22-9-6-19-31(34)37-29-17-4-5-18-30(29)42-38(41(37)47)32-20-7-10-23-35(32)48-42/h1-25H. The van der Waals surface area contributed by atoms with E-state index in [1.54, 1.807) is 11.3 Å². The van der Waals surface area contributed by atoms with E-state index in [1.165, 1.54) is 57.5 Å². The molecule has 0 aliphatic heterocycles. The highest BCUT2D eigenvalue weighted by atomic mass is 32.1. The summed E-state index contributed by atoms with van der Waals surface area (Å²) in [7, 11) is 0. The monoisotopic (exact) mass is 659 g/mol. The second kappa shape index (κ2) is 10.3. The van der Waals surface area contributed by atoms with Crippen molar-refractivity contribution in [2.45, 2.75) is 0 Å². The van der Waals surface area contributed by atoms with Crippen LogP contribution in [0.1, 0.15) is 0 Å². The van der Waals surface area contributed by atoms with Crippen molar-refractivity contribution in [1.82, 2.24) is 14.5 Å². The Hall–Kier alpha value is -5.88. The van der Waals surface area contributed by atoms with Crippen molar-refractivity contribution in [3.63, 3.8) is 0 Å². The van der Waals surface area contributed by atoms with Gasteiger partial charge in [-0.25, -0.2) is 9.97 Å². The van der Waals surface area contributed by atoms with Crippen LogP contribution in [0, 0.1) is 0 Å². The van der Waals surface area contributed by atoms with Crippen molar-refractivity contribution < 1.29 is 0 Å². The lowest BCUT2D eigenvalue weighted by Gasteiger charge is -2.12. The molecule has 11 aromatic rings. The van der Waals surface area contributed by atoms with Gasteiger partial charge in [0.1, 0.15) is 0 Å². The molecule has 0 atom stereocenters. The number of hydrogen-bond donors (Lipinski definition) is 0. The van der Waals surface area contributed by atoms with Gasteiger partial charge in [0.25, 0.3) is 0 Å². The van der Waals surface area contributed by atoms with Gasteiger partial charge >= 0.3 is 0 Å². The molecule has 0 bridgehead atoms. The zero-order valence-corrected chi connectivity index (χ0v) is 27.7. The van der Waals surface area contributed by atoms with Crippen LogP contribution in [0.25, 0.3) is 101 Å². The molecule has 4 aromatic heterocycles. The Bertz CT molecular complexity index is 3110. The number of benzene rings is 7. The zero-order valence-electron chi connectivity index (χ0n) is 26.1. The summed E-state index contributed by atoms with van der Waals surface area (Å²) >= 11 is 3.65. The van der Waals surface area contributed by atoms with E-state index in [-0.39, 0.29) is 0 Å². The molecule has 0 spiro atoms. The van der Waals surface area contributed by atoms with Crippen LogP contribution in [0.4, 0.5) is 0 Å². The fourth-order valence-electron chi connectivity index (χ4n) is 7.68. The van der Waals surface area contributed by atoms with Crippen LogP contribution in [0.15, 0.2) is 152 Å². The van der Waals surface area contributed by atoms with Crippen molar-refractivity contribution >= 4 is 95.7 Å². The molecule has 0 saturated carbocycles. The van der Waals surface area contributed by atoms with E-state index in [1.807, 2.05) is 11.3 Å². The maximum atomic E-state index is 5.56. The van der Waals surface area contributed by atoms with E-state index in [0.29, 0.717) is 5.95 Å². The summed E-state index contributed by atoms with van der Waals surface area (Å²) in [5, 5.41) is 8.67. The molecule has 0 radical (unpaired) electrons. The molecule has 49 heavy (non-hydrogen) atoms. The van der Waals surface area contributed by atoms with Gasteiger partial charge in [-0.05, 0) is 40.8 Å². The molecule has 0 aliphatic carbocycles. The Balaban J connectivity index is 1.33. The van der Waals surface area contributed by atoms with E-state index in [0.717, 1.165) is 37.9 Å². The highest BCUT2D eigenvalue weighted by Crippen LogP contribution is 2.48. The third-order valence-corrected chi connectivity index (χ3v) is 12.2. The summed E-state index contributed by atoms with van der Waals surface area (Å²) < 4.78 is 7.24. The van der Waals surface area contributed by atoms with Gasteiger partial charge in [0, 0.05) is 52.0 Å². The minimum atomic E-state index is 0.689. The first-order valence-corrected chi connectivity index (χ1v) is 18.1. The van der Waals surface area contributed by atoms with Gasteiger partial charge in [-0.15, -0.1) is 22.7 Å². The predicted octanol–water partition coefficient (Wildman–Crippen LogP) is 12.8. The van der Waals surface area contributed by atoms with Crippen LogP contribution in [0.5, 0.6) is 0 Å². The van der Waals surface area contributed by atoms with E-state index in [9.17, 15) is 0 Å². The average molecular weight is 660 g/mol. The van der Waals surface area contributed by atoms with E-state index >= 15 is 0 Å². The molecular formula is C44H25N3S2. The van der Waals surface area contributed by atoms with Gasteiger partial charge in [0.15, 0.2) is 0 Å². The highest BCUT2D eigenvalue weighted by molar-refractivity contribution is 7.27. The number of aromatic nitrogens is 3. The number of nitrogens with zero attached hydrogens (tertiary/aromatic N) is 3. The molecule has 7 aromatic carbocycles. The van der Waals surface area contributed by atoms with Gasteiger partial charge < -0.3 is 0 Å². The van der Waals surface area contributed by atoms with Gasteiger partial charge in [-0.3, -0.25) is 4.57 Å². The fourth-order valence-corrected chi connectivity index (χ4v) is 10.1. The Labute approximate surface area is 289 Å². The topological polar surface area (TPSA) is 30.7 Å². The first-order chi connectivity index (χ1) is 24.3. The zero-order chi connectivity index (χ0) is 32.1. The molecule has 5 heteroatoms. The van der Waals surface area contributed by atoms with E-state index < -0.39 is 0 Å². The summed E-state index contributed by atoms with van der Waals surface area (Å²) in [5.74, 6) is 0.689. The smallest absolute Gasteiger partial charge is 0.235 e. The molecule has 0 amide bonds. The predicted molar refractivity (Wildman–Crippen MR) is 211 cm³/mol. The lowest BCUT2D eigenvalue weighted by molar-refractivity contribution is 1.02. The van der Waals surface area contributed by atoms with Crippen molar-refractivity contribution in [3.05, 3.63) is 152 Å². The third-order valence-electron chi connectivity index (χ3n) is 9.80. The number of para-hydroxylation sites is 1. The van der Waals surface area contributed by atoms with Gasteiger partial charge in [-0.1, -0.05) is 127 Å². The van der Waals surface area contributed by atoms with Crippen molar-refractivity contribution in [2.24, 2.45) is 0 Å². The minimum Gasteiger partial charge on any atom is -0.277 e. The molecule has 0 N–H and O–H groups in total. The molecule has 11 rings (SSSR count). The Morgan fingerprint density at radius 1 is 0.429 bits per heavy atom. The SMILES string of the molecule is c1ccc(-c2cccc(-c3nc(-n4c5ccccc5c5c6ccccc6c6sc7ccccc7c6c54)nc4c3sc3ccccc34)c2)cc1. The Morgan fingerprint density at radius 2 is 1.04 bits per heavy atom. The second-order valence-electron chi connectivity index (χ2n) is 12.5. The van der Waals surface area contributed by atoms with Gasteiger partial charge in [0.2, 0.25) is 5.95 Å². The maximum Gasteiger partial charge on any atom is 0.235 e. The quantitative estimate of drug-likeness (QED) is 0.189. The van der Waals surface area contributed by atoms with Crippen LogP contribution in [-0.2, 0) is 0 Å². The lowest BCUT2D eigenvalue weighted by atomic mass is 10.00. The molecule has 0 unspecified atom stereocenters. The fraction of sp³-hybridized carbons (Fsp3) is 0. The van der Waals surface area contributed by atoms with Crippen LogP contribution in [0.2, 0.25) is 0 Å². The van der Waals surface area contributed by atoms with Crippen LogP contribution in [-0.4, -0.2) is 14.5 Å². The average Bonchev–Trinajstić information content (AvgIpc) is 3.85. The maximum absolute atomic E-state index is 5.56. The molecule has 3 nitrogen and oxygen atoms in total. The molecule has 0 fully saturated rings. The van der Waals surface area contributed by atoms with Crippen LogP contribution >= 0.6 is 22.7 Å². The molecule has 0 aliphatic rings. The number of fused-ring (bicyclic) bond motifs is 13. The van der Waals surface area contributed by atoms with E-state index in [4.69, 9.17) is 9.97 Å². The third kappa shape index (κ3) is 3.88. The van der Waals surface area contributed by atoms with E-state index in [2.05, 4.69) is 156 Å². The number of thiophene rings is 2. The largest absolute Gasteiger partial charge is 0.277 e. The van der Waals surface area contributed by atoms with Crippen molar-refractivity contribution in [3.8, 4) is 28.3 Å². The summed E-state index contributed by atoms with van der Waals surface area (Å²) in [6.07, 6.45) is 0. The molecule has 0 saturated heterocycles. The first-order valence-electron chi connectivity index (χ1n) is 16.4. The van der Waals surface area contributed by atoms with Gasteiger partial charge in [0.05, 0.1) is 26.9 Å². The van der Waals surface area contributed by atoms with Crippen molar-refractivity contribution in [2.75, 3.05) is 0 Å². The lowest BCUT2D eigenvalue weighted by Crippen LogP contribution is -2.03.